The first-order valence-electron chi connectivity index (χ1n) is 4.86. The highest BCUT2D eigenvalue weighted by molar-refractivity contribution is 5.75. The topological polar surface area (TPSA) is 86.6 Å². The molecule has 0 spiro atoms. The Kier molecular flexibility index (Phi) is 4.32. The fraction of sp³-hybridized carbons (Fsp3) is 0.273. The molecule has 1 unspecified atom stereocenters. The van der Waals surface area contributed by atoms with Gasteiger partial charge in [-0.1, -0.05) is 12.2 Å². The number of hydrogen-bond acceptors (Lipinski definition) is 3. The molecule has 1 atom stereocenters. The zero-order chi connectivity index (χ0) is 12.0. The van der Waals surface area contributed by atoms with Crippen molar-refractivity contribution >= 4 is 11.9 Å². The normalized spacial score (nSPS) is 15.9. The Hall–Kier alpha value is -2.04. The standard InChI is InChI=1S/C11H13NO4/c13-10(14)6-5-8(11(15)16)9-4-2-1-3-7-12-9/h1-4,7-8,12H,5-6H2,(H,13,14)(H,15,16). The van der Waals surface area contributed by atoms with Gasteiger partial charge in [-0.2, -0.15) is 0 Å². The number of nitrogens with one attached hydrogen (secondary N) is 1. The number of rotatable bonds is 5. The highest BCUT2D eigenvalue weighted by Crippen LogP contribution is 2.16. The molecule has 0 amide bonds. The maximum atomic E-state index is 11.0. The van der Waals surface area contributed by atoms with Gasteiger partial charge in [0.2, 0.25) is 0 Å². The molecule has 0 saturated carbocycles. The summed E-state index contributed by atoms with van der Waals surface area (Å²) in [6, 6.07) is 0. The van der Waals surface area contributed by atoms with Gasteiger partial charge in [0.1, 0.15) is 0 Å². The molecule has 1 aliphatic heterocycles. The highest BCUT2D eigenvalue weighted by Gasteiger charge is 2.22. The van der Waals surface area contributed by atoms with Gasteiger partial charge in [-0.25, -0.2) is 0 Å². The van der Waals surface area contributed by atoms with Gasteiger partial charge in [0.25, 0.3) is 0 Å². The predicted octanol–water partition coefficient (Wildman–Crippen LogP) is 1.11. The lowest BCUT2D eigenvalue weighted by Crippen LogP contribution is -2.24. The third kappa shape index (κ3) is 3.61. The number of carbonyl (C=O) groups is 2. The van der Waals surface area contributed by atoms with Gasteiger partial charge in [-0.3, -0.25) is 9.59 Å². The first-order valence-corrected chi connectivity index (χ1v) is 4.86. The van der Waals surface area contributed by atoms with Crippen molar-refractivity contribution in [2.24, 2.45) is 5.92 Å². The van der Waals surface area contributed by atoms with E-state index in [0.717, 1.165) is 0 Å². The number of hydrogen-bond donors (Lipinski definition) is 3. The average molecular weight is 223 g/mol. The molecule has 3 N–H and O–H groups in total. The van der Waals surface area contributed by atoms with E-state index in [1.807, 2.05) is 0 Å². The van der Waals surface area contributed by atoms with Gasteiger partial charge in [-0.05, 0) is 18.6 Å². The second-order valence-corrected chi connectivity index (χ2v) is 3.33. The average Bonchev–Trinajstić information content (AvgIpc) is 2.45. The summed E-state index contributed by atoms with van der Waals surface area (Å²) in [5.41, 5.74) is 0.499. The van der Waals surface area contributed by atoms with Crippen molar-refractivity contribution in [2.45, 2.75) is 12.8 Å². The molecule has 0 aromatic rings. The number of allylic oxidation sites excluding steroid dienone is 4. The summed E-state index contributed by atoms with van der Waals surface area (Å²) < 4.78 is 0. The van der Waals surface area contributed by atoms with E-state index in [1.165, 1.54) is 0 Å². The molecule has 0 aromatic carbocycles. The first kappa shape index (κ1) is 12.0. The number of carboxylic acids is 2. The summed E-state index contributed by atoms with van der Waals surface area (Å²) >= 11 is 0. The van der Waals surface area contributed by atoms with Crippen molar-refractivity contribution in [2.75, 3.05) is 0 Å². The fourth-order valence-electron chi connectivity index (χ4n) is 1.37. The zero-order valence-corrected chi connectivity index (χ0v) is 8.59. The van der Waals surface area contributed by atoms with Crippen LogP contribution in [0.1, 0.15) is 12.8 Å². The molecular formula is C11H13NO4. The maximum absolute atomic E-state index is 11.0. The molecule has 5 nitrogen and oxygen atoms in total. The van der Waals surface area contributed by atoms with Crippen LogP contribution in [-0.2, 0) is 9.59 Å². The molecule has 0 radical (unpaired) electrons. The summed E-state index contributed by atoms with van der Waals surface area (Å²) in [6.45, 7) is 0. The van der Waals surface area contributed by atoms with Crippen LogP contribution >= 0.6 is 0 Å². The lowest BCUT2D eigenvalue weighted by atomic mass is 9.99. The summed E-state index contributed by atoms with van der Waals surface area (Å²) in [5, 5.41) is 20.4. The minimum Gasteiger partial charge on any atom is -0.481 e. The molecule has 0 bridgehead atoms. The van der Waals surface area contributed by atoms with Crippen molar-refractivity contribution in [1.29, 1.82) is 0 Å². The molecule has 1 rings (SSSR count). The Morgan fingerprint density at radius 3 is 2.62 bits per heavy atom. The molecule has 0 fully saturated rings. The Bertz CT molecular complexity index is 368. The van der Waals surface area contributed by atoms with Gasteiger partial charge in [0.05, 0.1) is 5.92 Å². The van der Waals surface area contributed by atoms with E-state index in [4.69, 9.17) is 10.2 Å². The Morgan fingerprint density at radius 1 is 1.25 bits per heavy atom. The van der Waals surface area contributed by atoms with E-state index in [-0.39, 0.29) is 12.8 Å². The molecule has 1 heterocycles. The monoisotopic (exact) mass is 223 g/mol. The van der Waals surface area contributed by atoms with Crippen LogP contribution in [0.4, 0.5) is 0 Å². The predicted molar refractivity (Wildman–Crippen MR) is 57.5 cm³/mol. The lowest BCUT2D eigenvalue weighted by molar-refractivity contribution is -0.141. The molecule has 1 aliphatic rings. The molecule has 16 heavy (non-hydrogen) atoms. The van der Waals surface area contributed by atoms with E-state index in [2.05, 4.69) is 5.32 Å². The molecule has 5 heteroatoms. The van der Waals surface area contributed by atoms with Gasteiger partial charge in [-0.15, -0.1) is 0 Å². The van der Waals surface area contributed by atoms with Crippen LogP contribution in [0.25, 0.3) is 0 Å². The second kappa shape index (κ2) is 5.75. The zero-order valence-electron chi connectivity index (χ0n) is 8.59. The SMILES string of the molecule is O=C(O)CCC(C(=O)O)C1=CC=CC=CN1. The van der Waals surface area contributed by atoms with Gasteiger partial charge in [0, 0.05) is 18.3 Å². The van der Waals surface area contributed by atoms with Crippen molar-refractivity contribution in [3.8, 4) is 0 Å². The van der Waals surface area contributed by atoms with Crippen LogP contribution in [0.2, 0.25) is 0 Å². The highest BCUT2D eigenvalue weighted by atomic mass is 16.4. The maximum Gasteiger partial charge on any atom is 0.312 e. The number of aliphatic carboxylic acids is 2. The quantitative estimate of drug-likeness (QED) is 0.650. The third-order valence-electron chi connectivity index (χ3n) is 2.16. The number of carboxylic acid groups (broad SMARTS) is 2. The van der Waals surface area contributed by atoms with E-state index in [1.54, 1.807) is 30.5 Å². The van der Waals surface area contributed by atoms with Crippen LogP contribution in [0.15, 0.2) is 36.2 Å². The van der Waals surface area contributed by atoms with Crippen LogP contribution in [0, 0.1) is 5.92 Å². The molecule has 0 saturated heterocycles. The Balaban J connectivity index is 2.73. The van der Waals surface area contributed by atoms with Crippen LogP contribution in [0.5, 0.6) is 0 Å². The van der Waals surface area contributed by atoms with E-state index in [0.29, 0.717) is 5.70 Å². The fourth-order valence-corrected chi connectivity index (χ4v) is 1.37. The van der Waals surface area contributed by atoms with Crippen molar-refractivity contribution in [1.82, 2.24) is 5.32 Å². The lowest BCUT2D eigenvalue weighted by Gasteiger charge is -2.14. The van der Waals surface area contributed by atoms with Gasteiger partial charge >= 0.3 is 11.9 Å². The Labute approximate surface area is 92.8 Å². The van der Waals surface area contributed by atoms with Crippen LogP contribution in [0.3, 0.4) is 0 Å². The molecular weight excluding hydrogens is 210 g/mol. The van der Waals surface area contributed by atoms with E-state index < -0.39 is 17.9 Å². The summed E-state index contributed by atoms with van der Waals surface area (Å²) in [6.07, 6.45) is 8.37. The van der Waals surface area contributed by atoms with Crippen molar-refractivity contribution in [3.05, 3.63) is 36.2 Å². The van der Waals surface area contributed by atoms with Gasteiger partial charge < -0.3 is 15.5 Å². The van der Waals surface area contributed by atoms with Crippen molar-refractivity contribution < 1.29 is 19.8 Å². The summed E-state index contributed by atoms with van der Waals surface area (Å²) in [7, 11) is 0. The van der Waals surface area contributed by atoms with E-state index >= 15 is 0 Å². The first-order chi connectivity index (χ1) is 7.61. The molecule has 0 aliphatic carbocycles. The second-order valence-electron chi connectivity index (χ2n) is 3.33. The molecule has 86 valence electrons. The minimum absolute atomic E-state index is 0.0746. The molecule has 0 aromatic heterocycles. The summed E-state index contributed by atoms with van der Waals surface area (Å²) in [5.74, 6) is -2.83. The van der Waals surface area contributed by atoms with Crippen LogP contribution < -0.4 is 5.32 Å². The minimum atomic E-state index is -1.02. The van der Waals surface area contributed by atoms with Crippen molar-refractivity contribution in [3.63, 3.8) is 0 Å². The largest absolute Gasteiger partial charge is 0.481 e. The summed E-state index contributed by atoms with van der Waals surface area (Å²) in [4.78, 5) is 21.4. The van der Waals surface area contributed by atoms with E-state index in [9.17, 15) is 9.59 Å². The van der Waals surface area contributed by atoms with Crippen LogP contribution in [-0.4, -0.2) is 22.2 Å². The third-order valence-corrected chi connectivity index (χ3v) is 2.16. The Morgan fingerprint density at radius 2 is 2.00 bits per heavy atom. The smallest absolute Gasteiger partial charge is 0.312 e. The van der Waals surface area contributed by atoms with Gasteiger partial charge in [0.15, 0.2) is 0 Å².